The molecular formula is C13H21N3O8. The number of aromatic carboxylic acids is 1. The monoisotopic (exact) mass is 347 g/mol. The average Bonchev–Trinajstić information content (AvgIpc) is 2.33. The van der Waals surface area contributed by atoms with E-state index in [0.29, 0.717) is 0 Å². The number of carboxylic acids is 1. The zero-order chi connectivity index (χ0) is 20.0. The summed E-state index contributed by atoms with van der Waals surface area (Å²) in [5, 5.41) is 35.0. The first-order valence-electron chi connectivity index (χ1n) is 5.98. The Labute approximate surface area is 137 Å². The van der Waals surface area contributed by atoms with Crippen LogP contribution >= 0.6 is 0 Å². The molecule has 136 valence electrons. The highest BCUT2D eigenvalue weighted by atomic mass is 16.4. The van der Waals surface area contributed by atoms with Crippen molar-refractivity contribution in [2.24, 2.45) is 17.2 Å². The topological polar surface area (TPSA) is 227 Å². The van der Waals surface area contributed by atoms with Gasteiger partial charge in [0, 0.05) is 20.8 Å². The van der Waals surface area contributed by atoms with Crippen LogP contribution in [0.5, 0.6) is 17.2 Å². The van der Waals surface area contributed by atoms with Crippen LogP contribution in [0.2, 0.25) is 0 Å². The summed E-state index contributed by atoms with van der Waals surface area (Å²) in [6.45, 7) is 3.92. The number of rotatable bonds is 1. The molecule has 0 radical (unpaired) electrons. The Morgan fingerprint density at radius 1 is 0.750 bits per heavy atom. The summed E-state index contributed by atoms with van der Waals surface area (Å²) < 4.78 is 0. The van der Waals surface area contributed by atoms with Crippen molar-refractivity contribution >= 4 is 23.7 Å². The smallest absolute Gasteiger partial charge is 0.335 e. The first-order chi connectivity index (χ1) is 10.7. The van der Waals surface area contributed by atoms with Gasteiger partial charge in [-0.3, -0.25) is 14.4 Å². The lowest BCUT2D eigenvalue weighted by Crippen LogP contribution is -2.01. The number of carbonyl (C=O) groups is 4. The van der Waals surface area contributed by atoms with Gasteiger partial charge in [0.25, 0.3) is 0 Å². The van der Waals surface area contributed by atoms with Crippen LogP contribution in [-0.4, -0.2) is 44.1 Å². The van der Waals surface area contributed by atoms with E-state index in [1.807, 2.05) is 0 Å². The molecule has 0 aromatic heterocycles. The first kappa shape index (κ1) is 25.5. The van der Waals surface area contributed by atoms with Crippen LogP contribution in [0.3, 0.4) is 0 Å². The fraction of sp³-hybridized carbons (Fsp3) is 0.231. The van der Waals surface area contributed by atoms with Crippen molar-refractivity contribution < 1.29 is 39.6 Å². The summed E-state index contributed by atoms with van der Waals surface area (Å²) in [6.07, 6.45) is 0. The highest BCUT2D eigenvalue weighted by Gasteiger charge is 2.11. The van der Waals surface area contributed by atoms with Crippen LogP contribution in [0.4, 0.5) is 0 Å². The first-order valence-corrected chi connectivity index (χ1v) is 5.98. The Morgan fingerprint density at radius 2 is 0.958 bits per heavy atom. The summed E-state index contributed by atoms with van der Waals surface area (Å²) in [5.41, 5.74) is 13.1. The second-order valence-electron chi connectivity index (χ2n) is 4.00. The minimum Gasteiger partial charge on any atom is -0.504 e. The molecule has 0 fully saturated rings. The normalized spacial score (nSPS) is 7.96. The number of amides is 3. The number of hydrogen-bond acceptors (Lipinski definition) is 7. The molecule has 0 bridgehead atoms. The summed E-state index contributed by atoms with van der Waals surface area (Å²) in [4.78, 5) is 38.0. The number of primary amides is 3. The molecule has 0 aliphatic heterocycles. The van der Waals surface area contributed by atoms with Gasteiger partial charge in [-0.2, -0.15) is 0 Å². The molecule has 0 aliphatic carbocycles. The van der Waals surface area contributed by atoms with Gasteiger partial charge in [0.2, 0.25) is 17.7 Å². The van der Waals surface area contributed by atoms with Gasteiger partial charge in [0.15, 0.2) is 17.2 Å². The maximum absolute atomic E-state index is 10.3. The second kappa shape index (κ2) is 13.2. The third kappa shape index (κ3) is 20.8. The molecule has 1 aromatic carbocycles. The van der Waals surface area contributed by atoms with E-state index in [1.165, 1.54) is 20.8 Å². The van der Waals surface area contributed by atoms with E-state index in [-0.39, 0.29) is 23.3 Å². The minimum absolute atomic E-state index is 0.289. The number of carboxylic acid groups (broad SMARTS) is 1. The molecule has 0 spiro atoms. The Morgan fingerprint density at radius 3 is 1.12 bits per heavy atom. The SMILES string of the molecule is CC(N)=O.CC(N)=O.CC(N)=O.O=C(O)c1cc(O)c(O)c(O)c1. The number of nitrogens with two attached hydrogens (primary N) is 3. The van der Waals surface area contributed by atoms with E-state index in [4.69, 9.17) is 20.4 Å². The fourth-order valence-electron chi connectivity index (χ4n) is 0.728. The second-order valence-corrected chi connectivity index (χ2v) is 4.00. The molecule has 10 N–H and O–H groups in total. The summed E-state index contributed by atoms with van der Waals surface area (Å²) in [6, 6.07) is 1.69. The molecule has 0 saturated heterocycles. The zero-order valence-electron chi connectivity index (χ0n) is 13.3. The highest BCUT2D eigenvalue weighted by Crippen LogP contribution is 2.35. The third-order valence-electron chi connectivity index (χ3n) is 1.32. The van der Waals surface area contributed by atoms with Crippen LogP contribution in [0, 0.1) is 0 Å². The summed E-state index contributed by atoms with van der Waals surface area (Å²) in [7, 11) is 0. The lowest BCUT2D eigenvalue weighted by molar-refractivity contribution is -0.116. The molecule has 0 heterocycles. The molecule has 0 saturated carbocycles. The molecule has 1 rings (SSSR count). The van der Waals surface area contributed by atoms with Crippen molar-refractivity contribution in [2.75, 3.05) is 0 Å². The quantitative estimate of drug-likeness (QED) is 0.310. The van der Waals surface area contributed by atoms with E-state index < -0.39 is 23.2 Å². The lowest BCUT2D eigenvalue weighted by atomic mass is 10.2. The van der Waals surface area contributed by atoms with Crippen LogP contribution in [-0.2, 0) is 14.4 Å². The Balaban J connectivity index is -0.000000304. The van der Waals surface area contributed by atoms with Crippen molar-refractivity contribution in [3.8, 4) is 17.2 Å². The van der Waals surface area contributed by atoms with Crippen LogP contribution < -0.4 is 17.2 Å². The van der Waals surface area contributed by atoms with Gasteiger partial charge in [-0.1, -0.05) is 0 Å². The van der Waals surface area contributed by atoms with Crippen LogP contribution in [0.15, 0.2) is 12.1 Å². The molecule has 11 nitrogen and oxygen atoms in total. The Kier molecular flexibility index (Phi) is 14.0. The van der Waals surface area contributed by atoms with E-state index >= 15 is 0 Å². The maximum Gasteiger partial charge on any atom is 0.335 e. The largest absolute Gasteiger partial charge is 0.504 e. The van der Waals surface area contributed by atoms with E-state index in [0.717, 1.165) is 12.1 Å². The number of benzene rings is 1. The summed E-state index contributed by atoms with van der Waals surface area (Å²) in [5.74, 6) is -4.33. The Bertz CT molecular complexity index is 523. The summed E-state index contributed by atoms with van der Waals surface area (Å²) >= 11 is 0. The number of hydrogen-bond donors (Lipinski definition) is 7. The Hall–Kier alpha value is -3.50. The van der Waals surface area contributed by atoms with Gasteiger partial charge in [-0.25, -0.2) is 4.79 Å². The third-order valence-corrected chi connectivity index (χ3v) is 1.32. The van der Waals surface area contributed by atoms with Crippen molar-refractivity contribution in [3.63, 3.8) is 0 Å². The number of carbonyl (C=O) groups excluding carboxylic acids is 3. The van der Waals surface area contributed by atoms with Crippen molar-refractivity contribution in [3.05, 3.63) is 17.7 Å². The van der Waals surface area contributed by atoms with Gasteiger partial charge >= 0.3 is 5.97 Å². The fourth-order valence-corrected chi connectivity index (χ4v) is 0.728. The van der Waals surface area contributed by atoms with Gasteiger partial charge in [0.05, 0.1) is 5.56 Å². The van der Waals surface area contributed by atoms with Crippen LogP contribution in [0.1, 0.15) is 31.1 Å². The molecule has 11 heteroatoms. The number of aromatic hydroxyl groups is 3. The van der Waals surface area contributed by atoms with Crippen molar-refractivity contribution in [1.82, 2.24) is 0 Å². The average molecular weight is 347 g/mol. The van der Waals surface area contributed by atoms with Gasteiger partial charge < -0.3 is 37.6 Å². The van der Waals surface area contributed by atoms with Crippen LogP contribution in [0.25, 0.3) is 0 Å². The highest BCUT2D eigenvalue weighted by molar-refractivity contribution is 5.89. The maximum atomic E-state index is 10.3. The lowest BCUT2D eigenvalue weighted by Gasteiger charge is -2.01. The number of phenolic OH excluding ortho intramolecular Hbond substituents is 3. The van der Waals surface area contributed by atoms with Crippen molar-refractivity contribution in [2.45, 2.75) is 20.8 Å². The standard InChI is InChI=1S/C7H6O5.3C2H5NO/c8-4-1-3(7(11)12)2-5(9)6(4)10;3*1-2(3)4/h1-2,8-10H,(H,11,12);3*1H3,(H2,3,4). The van der Waals surface area contributed by atoms with E-state index in [2.05, 4.69) is 17.2 Å². The molecule has 1 aromatic rings. The number of phenols is 3. The molecule has 0 atom stereocenters. The molecule has 24 heavy (non-hydrogen) atoms. The zero-order valence-corrected chi connectivity index (χ0v) is 13.3. The minimum atomic E-state index is -1.29. The molecule has 0 aliphatic rings. The van der Waals surface area contributed by atoms with Gasteiger partial charge in [-0.05, 0) is 12.1 Å². The van der Waals surface area contributed by atoms with E-state index in [1.54, 1.807) is 0 Å². The van der Waals surface area contributed by atoms with Gasteiger partial charge in [0.1, 0.15) is 0 Å². The van der Waals surface area contributed by atoms with E-state index in [9.17, 15) is 19.2 Å². The van der Waals surface area contributed by atoms with Crippen molar-refractivity contribution in [1.29, 1.82) is 0 Å². The predicted molar refractivity (Wildman–Crippen MR) is 83.0 cm³/mol. The van der Waals surface area contributed by atoms with Gasteiger partial charge in [-0.15, -0.1) is 0 Å². The predicted octanol–water partition coefficient (Wildman–Crippen LogP) is -1.02. The molecule has 0 unspecified atom stereocenters. The molecular weight excluding hydrogens is 326 g/mol. The molecule has 3 amide bonds.